The van der Waals surface area contributed by atoms with E-state index in [2.05, 4.69) is 25.6 Å². The van der Waals surface area contributed by atoms with Crippen LogP contribution in [0.2, 0.25) is 16.1 Å². The summed E-state index contributed by atoms with van der Waals surface area (Å²) >= 11 is -1.65. The molecule has 0 radical (unpaired) electrons. The first-order chi connectivity index (χ1) is 6.12. The Bertz CT molecular complexity index is 284. The zero-order chi connectivity index (χ0) is 9.90. The maximum absolute atomic E-state index is 11.2. The van der Waals surface area contributed by atoms with Crippen LogP contribution in [0.5, 0.6) is 5.75 Å². The quantitative estimate of drug-likeness (QED) is 0.595. The summed E-state index contributed by atoms with van der Waals surface area (Å²) in [6, 6.07) is 7.49. The van der Waals surface area contributed by atoms with Crippen LogP contribution in [0, 0.1) is 0 Å². The van der Waals surface area contributed by atoms with Crippen molar-refractivity contribution in [2.24, 2.45) is 0 Å². The van der Waals surface area contributed by atoms with Crippen molar-refractivity contribution in [1.29, 1.82) is 0 Å². The van der Waals surface area contributed by atoms with Crippen LogP contribution in [0.25, 0.3) is 0 Å². The minimum absolute atomic E-state index is 0. The summed E-state index contributed by atoms with van der Waals surface area (Å²) in [4.78, 5) is 0. The number of rotatable bonds is 3. The van der Waals surface area contributed by atoms with Gasteiger partial charge >= 0.3 is 83.0 Å². The molecule has 14 heavy (non-hydrogen) atoms. The molecule has 0 bridgehead atoms. The molecular formula is C11H18AsIO. The van der Waals surface area contributed by atoms with Gasteiger partial charge in [0.25, 0.3) is 0 Å². The summed E-state index contributed by atoms with van der Waals surface area (Å²) in [5.41, 5.74) is 2.38. The molecule has 0 amide bonds. The molecule has 0 atom stereocenters. The first-order valence-corrected chi connectivity index (χ1v) is 10.2. The second-order valence-electron chi connectivity index (χ2n) is 3.53. The first-order valence-electron chi connectivity index (χ1n) is 4.74. The maximum atomic E-state index is 11.2. The second kappa shape index (κ2) is 6.01. The van der Waals surface area contributed by atoms with Crippen molar-refractivity contribution >= 4 is 41.9 Å². The Balaban J connectivity index is 0.00000169. The molecule has 0 N–H and O–H groups in total. The number of hydrogen-bond donors (Lipinski definition) is 0. The monoisotopic (exact) mass is 368 g/mol. The molecule has 0 aliphatic rings. The van der Waals surface area contributed by atoms with E-state index in [0.29, 0.717) is 0 Å². The van der Waals surface area contributed by atoms with E-state index in [-0.39, 0.29) is 29.7 Å². The van der Waals surface area contributed by atoms with Gasteiger partial charge in [-0.3, -0.25) is 0 Å². The fourth-order valence-corrected chi connectivity index (χ4v) is 5.74. The van der Waals surface area contributed by atoms with E-state index in [1.165, 1.54) is 14.8 Å². The van der Waals surface area contributed by atoms with Crippen LogP contribution in [0.4, 0.5) is 0 Å². The second-order valence-corrected chi connectivity index (χ2v) is 13.1. The van der Waals surface area contributed by atoms with E-state index in [1.807, 2.05) is 12.1 Å². The SMILES string of the molecule is CC[As+](C)(CC)c1cccc([O-])c1.I. The van der Waals surface area contributed by atoms with Gasteiger partial charge < -0.3 is 0 Å². The number of halogens is 1. The van der Waals surface area contributed by atoms with Crippen molar-refractivity contribution in [2.45, 2.75) is 30.0 Å². The van der Waals surface area contributed by atoms with Crippen LogP contribution in [0.1, 0.15) is 13.8 Å². The van der Waals surface area contributed by atoms with Gasteiger partial charge in [0.15, 0.2) is 0 Å². The molecule has 0 saturated heterocycles. The van der Waals surface area contributed by atoms with Crippen LogP contribution in [-0.4, -0.2) is 13.6 Å². The van der Waals surface area contributed by atoms with E-state index < -0.39 is 13.6 Å². The predicted molar refractivity (Wildman–Crippen MR) is 73.5 cm³/mol. The van der Waals surface area contributed by atoms with Crippen LogP contribution in [0.3, 0.4) is 0 Å². The van der Waals surface area contributed by atoms with E-state index in [0.717, 1.165) is 0 Å². The van der Waals surface area contributed by atoms with Crippen molar-refractivity contribution in [3.8, 4) is 5.75 Å². The largest absolute Gasteiger partial charge is 0.107 e. The maximum Gasteiger partial charge on any atom is -0.107 e. The Labute approximate surface area is 106 Å². The van der Waals surface area contributed by atoms with E-state index in [9.17, 15) is 5.11 Å². The van der Waals surface area contributed by atoms with Crippen LogP contribution < -0.4 is 9.46 Å². The zero-order valence-corrected chi connectivity index (χ0v) is 13.2. The third-order valence-corrected chi connectivity index (χ3v) is 11.9. The summed E-state index contributed by atoms with van der Waals surface area (Å²) in [6.45, 7) is 4.49. The molecule has 0 unspecified atom stereocenters. The summed E-state index contributed by atoms with van der Waals surface area (Å²) in [5, 5.41) is 13.7. The first kappa shape index (κ1) is 14.3. The van der Waals surface area contributed by atoms with Gasteiger partial charge in [-0.15, -0.1) is 24.0 Å². The van der Waals surface area contributed by atoms with Crippen molar-refractivity contribution in [1.82, 2.24) is 0 Å². The molecule has 1 aromatic rings. The van der Waals surface area contributed by atoms with Gasteiger partial charge in [0, 0.05) is 0 Å². The van der Waals surface area contributed by atoms with Crippen LogP contribution in [0.15, 0.2) is 24.3 Å². The molecule has 0 aliphatic carbocycles. The molecule has 0 heterocycles. The van der Waals surface area contributed by atoms with Gasteiger partial charge in [0.2, 0.25) is 0 Å². The molecule has 1 rings (SSSR count). The topological polar surface area (TPSA) is 23.1 Å². The number of benzene rings is 1. The predicted octanol–water partition coefficient (Wildman–Crippen LogP) is 2.70. The molecule has 0 aliphatic heterocycles. The Morgan fingerprint density at radius 3 is 2.21 bits per heavy atom. The molecule has 0 spiro atoms. The van der Waals surface area contributed by atoms with Gasteiger partial charge in [0.05, 0.1) is 0 Å². The molecule has 0 saturated carbocycles. The Morgan fingerprint density at radius 2 is 1.79 bits per heavy atom. The van der Waals surface area contributed by atoms with Crippen molar-refractivity contribution in [3.05, 3.63) is 24.3 Å². The molecule has 1 aromatic carbocycles. The Hall–Kier alpha value is 0.308. The van der Waals surface area contributed by atoms with Gasteiger partial charge in [-0.1, -0.05) is 0 Å². The molecule has 3 heteroatoms. The van der Waals surface area contributed by atoms with Crippen molar-refractivity contribution in [2.75, 3.05) is 0 Å². The fourth-order valence-electron chi connectivity index (χ4n) is 1.41. The van der Waals surface area contributed by atoms with Gasteiger partial charge in [-0.05, 0) is 0 Å². The summed E-state index contributed by atoms with van der Waals surface area (Å²) in [6.07, 6.45) is 0. The normalized spacial score (nSPS) is 10.8. The Morgan fingerprint density at radius 1 is 1.21 bits per heavy atom. The summed E-state index contributed by atoms with van der Waals surface area (Å²) in [7, 11) is 0. The molecular weight excluding hydrogens is 350 g/mol. The zero-order valence-electron chi connectivity index (χ0n) is 8.99. The molecule has 0 aromatic heterocycles. The smallest absolute Gasteiger partial charge is 0.107 e. The van der Waals surface area contributed by atoms with E-state index >= 15 is 0 Å². The molecule has 0 fully saturated rings. The minimum Gasteiger partial charge on any atom is -0.107 e. The molecule has 80 valence electrons. The summed E-state index contributed by atoms with van der Waals surface area (Å²) in [5.74, 6) is 0.159. The minimum atomic E-state index is -1.65. The third-order valence-electron chi connectivity index (χ3n) is 2.84. The van der Waals surface area contributed by atoms with Crippen molar-refractivity contribution in [3.63, 3.8) is 0 Å². The average Bonchev–Trinajstić information content (AvgIpc) is 2.17. The Kier molecular flexibility index (Phi) is 6.15. The molecule has 1 nitrogen and oxygen atoms in total. The van der Waals surface area contributed by atoms with Gasteiger partial charge in [-0.25, -0.2) is 0 Å². The van der Waals surface area contributed by atoms with Crippen LogP contribution >= 0.6 is 24.0 Å². The fraction of sp³-hybridized carbons (Fsp3) is 0.455. The third kappa shape index (κ3) is 3.16. The van der Waals surface area contributed by atoms with E-state index in [4.69, 9.17) is 0 Å². The average molecular weight is 368 g/mol. The standard InChI is InChI=1S/C11H17AsO.HI/c1-4-12(3,5-2)10-7-6-8-11(13)9-10;/h6-9H,4-5H2,1-3H3;1H. The van der Waals surface area contributed by atoms with E-state index in [1.54, 1.807) is 6.07 Å². The van der Waals surface area contributed by atoms with Gasteiger partial charge in [-0.2, -0.15) is 0 Å². The van der Waals surface area contributed by atoms with Crippen molar-refractivity contribution < 1.29 is 5.11 Å². The number of hydrogen-bond acceptors (Lipinski definition) is 1. The van der Waals surface area contributed by atoms with Crippen LogP contribution in [-0.2, 0) is 0 Å². The van der Waals surface area contributed by atoms with Gasteiger partial charge in [0.1, 0.15) is 0 Å². The summed E-state index contributed by atoms with van der Waals surface area (Å²) < 4.78 is 1.34.